The van der Waals surface area contributed by atoms with Gasteiger partial charge in [-0.2, -0.15) is 13.2 Å². The largest absolute Gasteiger partial charge is 0.396 e. The first-order valence-electron chi connectivity index (χ1n) is 6.04. The van der Waals surface area contributed by atoms with Crippen LogP contribution in [0, 0.1) is 0 Å². The van der Waals surface area contributed by atoms with Gasteiger partial charge in [-0.15, -0.1) is 23.1 Å². The third-order valence-electron chi connectivity index (χ3n) is 2.76. The molecule has 0 atom stereocenters. The molecule has 21 heavy (non-hydrogen) atoms. The number of halogens is 3. The number of nitrogens with zero attached hydrogens (tertiary/aromatic N) is 2. The van der Waals surface area contributed by atoms with Gasteiger partial charge in [-0.25, -0.2) is 0 Å². The van der Waals surface area contributed by atoms with Crippen LogP contribution in [0.2, 0.25) is 0 Å². The minimum absolute atomic E-state index is 0.174. The Hall–Kier alpha value is -1.09. The minimum Gasteiger partial charge on any atom is -0.396 e. The monoisotopic (exact) mass is 341 g/mol. The minimum atomic E-state index is -4.21. The lowest BCUT2D eigenvalue weighted by atomic mass is 10.3. The molecular formula is C12H18F3N3OS2. The molecule has 0 aliphatic rings. The van der Waals surface area contributed by atoms with Crippen LogP contribution >= 0.6 is 23.1 Å². The van der Waals surface area contributed by atoms with Gasteiger partial charge in [0.15, 0.2) is 0 Å². The van der Waals surface area contributed by atoms with Crippen molar-refractivity contribution in [2.45, 2.75) is 17.5 Å². The van der Waals surface area contributed by atoms with Gasteiger partial charge in [0.1, 0.15) is 9.88 Å². The van der Waals surface area contributed by atoms with Crippen molar-refractivity contribution < 1.29 is 18.0 Å². The molecule has 2 N–H and O–H groups in total. The normalized spacial score (nSPS) is 11.6. The fourth-order valence-corrected chi connectivity index (χ4v) is 3.84. The van der Waals surface area contributed by atoms with Crippen molar-refractivity contribution in [2.24, 2.45) is 0 Å². The van der Waals surface area contributed by atoms with E-state index in [2.05, 4.69) is 0 Å². The number of thioether (sulfide) groups is 1. The van der Waals surface area contributed by atoms with E-state index in [1.54, 1.807) is 27.4 Å². The van der Waals surface area contributed by atoms with Crippen LogP contribution in [0.5, 0.6) is 0 Å². The van der Waals surface area contributed by atoms with Crippen molar-refractivity contribution in [3.63, 3.8) is 0 Å². The van der Waals surface area contributed by atoms with E-state index in [1.165, 1.54) is 21.6 Å². The molecule has 0 aliphatic heterocycles. The third kappa shape index (κ3) is 4.44. The highest BCUT2D eigenvalue weighted by Crippen LogP contribution is 2.44. The van der Waals surface area contributed by atoms with Crippen LogP contribution < -0.4 is 10.6 Å². The fourth-order valence-electron chi connectivity index (χ4n) is 1.62. The van der Waals surface area contributed by atoms with Gasteiger partial charge in [-0.1, -0.05) is 0 Å². The molecule has 9 heteroatoms. The number of hydrogen-bond donors (Lipinski definition) is 1. The quantitative estimate of drug-likeness (QED) is 0.836. The number of rotatable bonds is 5. The molecule has 1 rings (SSSR count). The average molecular weight is 341 g/mol. The molecule has 120 valence electrons. The number of anilines is 2. The second-order valence-electron chi connectivity index (χ2n) is 4.67. The Kier molecular flexibility index (Phi) is 5.80. The Bertz CT molecular complexity index is 515. The highest BCUT2D eigenvalue weighted by atomic mass is 32.2. The first kappa shape index (κ1) is 18.0. The number of nitrogens with two attached hydrogens (primary N) is 1. The Morgan fingerprint density at radius 2 is 1.90 bits per heavy atom. The third-order valence-corrected chi connectivity index (χ3v) is 5.02. The number of carbonyl (C=O) groups excluding carboxylic acids is 1. The number of amides is 1. The van der Waals surface area contributed by atoms with Crippen molar-refractivity contribution in [1.29, 1.82) is 0 Å². The van der Waals surface area contributed by atoms with Crippen LogP contribution in [-0.2, 0) is 0 Å². The molecule has 0 aliphatic carbocycles. The molecule has 1 aromatic heterocycles. The van der Waals surface area contributed by atoms with E-state index in [9.17, 15) is 18.0 Å². The van der Waals surface area contributed by atoms with Crippen LogP contribution in [0.15, 0.2) is 4.90 Å². The van der Waals surface area contributed by atoms with E-state index in [4.69, 9.17) is 5.73 Å². The van der Waals surface area contributed by atoms with Gasteiger partial charge < -0.3 is 15.5 Å². The molecule has 0 unspecified atom stereocenters. The molecule has 0 fully saturated rings. The van der Waals surface area contributed by atoms with Crippen molar-refractivity contribution in [2.75, 3.05) is 44.6 Å². The second kappa shape index (κ2) is 6.78. The predicted molar refractivity (Wildman–Crippen MR) is 82.5 cm³/mol. The Morgan fingerprint density at radius 1 is 1.33 bits per heavy atom. The van der Waals surface area contributed by atoms with E-state index in [1.807, 2.05) is 0 Å². The van der Waals surface area contributed by atoms with Crippen LogP contribution in [0.1, 0.15) is 16.1 Å². The molecule has 0 radical (unpaired) electrons. The topological polar surface area (TPSA) is 49.6 Å². The maximum atomic E-state index is 12.3. The van der Waals surface area contributed by atoms with Crippen LogP contribution in [0.25, 0.3) is 0 Å². The molecular weight excluding hydrogens is 323 g/mol. The SMILES string of the molecule is CSc1c(N(C)CCC(F)(F)F)sc(C(=O)N(C)C)c1N. The fraction of sp³-hybridized carbons (Fsp3) is 0.583. The van der Waals surface area contributed by atoms with Gasteiger partial charge in [0.25, 0.3) is 5.91 Å². The summed E-state index contributed by atoms with van der Waals surface area (Å²) in [5, 5.41) is 0.592. The molecule has 1 heterocycles. The van der Waals surface area contributed by atoms with Crippen LogP contribution in [0.4, 0.5) is 23.9 Å². The molecule has 0 spiro atoms. The summed E-state index contributed by atoms with van der Waals surface area (Å²) in [6, 6.07) is 0. The summed E-state index contributed by atoms with van der Waals surface area (Å²) < 4.78 is 37.0. The number of carbonyl (C=O) groups is 1. The number of nitrogen functional groups attached to an aromatic ring is 1. The Labute approximate surface area is 130 Å². The van der Waals surface area contributed by atoms with Crippen molar-refractivity contribution in [3.8, 4) is 0 Å². The Morgan fingerprint density at radius 3 is 2.33 bits per heavy atom. The maximum Gasteiger partial charge on any atom is 0.390 e. The summed E-state index contributed by atoms with van der Waals surface area (Å²) >= 11 is 2.45. The molecule has 1 aromatic rings. The van der Waals surface area contributed by atoms with E-state index < -0.39 is 12.6 Å². The zero-order chi connectivity index (χ0) is 16.4. The molecule has 0 saturated heterocycles. The Balaban J connectivity index is 3.07. The molecule has 0 bridgehead atoms. The molecule has 1 amide bonds. The standard InChI is InChI=1S/C12H18F3N3OS2/c1-17(2)10(19)8-7(16)9(20-4)11(21-8)18(3)6-5-12(13,14)15/h5-6,16H2,1-4H3. The first-order valence-corrected chi connectivity index (χ1v) is 8.08. The zero-order valence-corrected chi connectivity index (χ0v) is 13.9. The summed E-state index contributed by atoms with van der Waals surface area (Å²) in [6.45, 7) is -0.174. The lowest BCUT2D eigenvalue weighted by Crippen LogP contribution is -2.23. The van der Waals surface area contributed by atoms with Gasteiger partial charge in [-0.05, 0) is 6.26 Å². The van der Waals surface area contributed by atoms with Gasteiger partial charge in [0.2, 0.25) is 0 Å². The summed E-state index contributed by atoms with van der Waals surface area (Å²) in [4.78, 5) is 15.9. The van der Waals surface area contributed by atoms with E-state index in [0.717, 1.165) is 11.3 Å². The van der Waals surface area contributed by atoms with Gasteiger partial charge in [-0.3, -0.25) is 4.79 Å². The predicted octanol–water partition coefficient (Wildman–Crippen LogP) is 3.14. The summed E-state index contributed by atoms with van der Waals surface area (Å²) in [5.41, 5.74) is 6.30. The highest BCUT2D eigenvalue weighted by Gasteiger charge is 2.29. The maximum absolute atomic E-state index is 12.3. The van der Waals surface area contributed by atoms with Gasteiger partial charge in [0.05, 0.1) is 17.0 Å². The first-order chi connectivity index (χ1) is 9.58. The summed E-state index contributed by atoms with van der Waals surface area (Å²) in [5.74, 6) is -0.247. The molecule has 4 nitrogen and oxygen atoms in total. The van der Waals surface area contributed by atoms with E-state index in [-0.39, 0.29) is 12.5 Å². The smallest absolute Gasteiger partial charge is 0.390 e. The molecule has 0 saturated carbocycles. The number of thiophene rings is 1. The molecule has 0 aromatic carbocycles. The van der Waals surface area contributed by atoms with Crippen LogP contribution in [-0.4, -0.2) is 50.9 Å². The lowest BCUT2D eigenvalue weighted by molar-refractivity contribution is -0.132. The van der Waals surface area contributed by atoms with E-state index >= 15 is 0 Å². The van der Waals surface area contributed by atoms with Crippen molar-refractivity contribution >= 4 is 39.7 Å². The van der Waals surface area contributed by atoms with Crippen LogP contribution in [0.3, 0.4) is 0 Å². The van der Waals surface area contributed by atoms with Crippen molar-refractivity contribution in [3.05, 3.63) is 4.88 Å². The number of alkyl halides is 3. The number of hydrogen-bond acceptors (Lipinski definition) is 5. The lowest BCUT2D eigenvalue weighted by Gasteiger charge is -2.19. The highest BCUT2D eigenvalue weighted by molar-refractivity contribution is 7.99. The zero-order valence-electron chi connectivity index (χ0n) is 12.2. The van der Waals surface area contributed by atoms with Gasteiger partial charge in [0, 0.05) is 27.7 Å². The average Bonchev–Trinajstić information content (AvgIpc) is 2.71. The van der Waals surface area contributed by atoms with Crippen molar-refractivity contribution in [1.82, 2.24) is 4.90 Å². The summed E-state index contributed by atoms with van der Waals surface area (Å²) in [6.07, 6.45) is -3.34. The summed E-state index contributed by atoms with van der Waals surface area (Å²) in [7, 11) is 4.78. The van der Waals surface area contributed by atoms with Gasteiger partial charge >= 0.3 is 6.18 Å². The van der Waals surface area contributed by atoms with E-state index in [0.29, 0.717) is 20.5 Å². The second-order valence-corrected chi connectivity index (χ2v) is 6.49.